The van der Waals surface area contributed by atoms with Gasteiger partial charge in [-0.1, -0.05) is 12.1 Å². The predicted octanol–water partition coefficient (Wildman–Crippen LogP) is 2.59. The maximum Gasteiger partial charge on any atom is 0.321 e. The van der Waals surface area contributed by atoms with E-state index in [9.17, 15) is 9.59 Å². The minimum absolute atomic E-state index is 0.255. The number of urea groups is 1. The summed E-state index contributed by atoms with van der Waals surface area (Å²) in [4.78, 5) is 25.7. The Hall–Kier alpha value is -3.53. The van der Waals surface area contributed by atoms with Crippen molar-refractivity contribution >= 4 is 17.6 Å². The van der Waals surface area contributed by atoms with Crippen LogP contribution in [0.2, 0.25) is 0 Å². The van der Waals surface area contributed by atoms with Crippen LogP contribution in [0.25, 0.3) is 0 Å². The lowest BCUT2D eigenvalue weighted by atomic mass is 10.1. The Balaban J connectivity index is 2.12. The summed E-state index contributed by atoms with van der Waals surface area (Å²) in [5, 5.41) is 14.1. The Morgan fingerprint density at radius 2 is 1.88 bits per heavy atom. The van der Waals surface area contributed by atoms with Gasteiger partial charge < -0.3 is 20.3 Å². The minimum Gasteiger partial charge on any atom is -0.495 e. The summed E-state index contributed by atoms with van der Waals surface area (Å²) in [5.74, 6) is 0.201. The fourth-order valence-corrected chi connectivity index (χ4v) is 2.33. The Morgan fingerprint density at radius 1 is 1.19 bits per heavy atom. The van der Waals surface area contributed by atoms with E-state index < -0.39 is 0 Å². The van der Waals surface area contributed by atoms with Gasteiger partial charge in [-0.3, -0.25) is 4.79 Å². The Labute approximate surface area is 152 Å². The number of methoxy groups -OCH3 is 1. The van der Waals surface area contributed by atoms with Crippen molar-refractivity contribution in [2.45, 2.75) is 6.54 Å². The molecule has 0 radical (unpaired) electrons. The highest BCUT2D eigenvalue weighted by Gasteiger charge is 2.14. The Morgan fingerprint density at radius 3 is 2.46 bits per heavy atom. The second kappa shape index (κ2) is 8.53. The average Bonchev–Trinajstić information content (AvgIpc) is 2.67. The van der Waals surface area contributed by atoms with Gasteiger partial charge >= 0.3 is 6.03 Å². The third-order valence-corrected chi connectivity index (χ3v) is 3.78. The summed E-state index contributed by atoms with van der Waals surface area (Å²) in [6.45, 7) is 0.370. The molecule has 2 aromatic rings. The highest BCUT2D eigenvalue weighted by molar-refractivity contribution is 5.97. The lowest BCUT2D eigenvalue weighted by Gasteiger charge is -2.19. The molecule has 0 heterocycles. The normalized spacial score (nSPS) is 9.77. The average molecular weight is 352 g/mol. The highest BCUT2D eigenvalue weighted by Crippen LogP contribution is 2.26. The molecule has 7 nitrogen and oxygen atoms in total. The van der Waals surface area contributed by atoms with E-state index in [4.69, 9.17) is 10.00 Å². The summed E-state index contributed by atoms with van der Waals surface area (Å²) in [7, 11) is 4.68. The second-order valence-electron chi connectivity index (χ2n) is 5.59. The van der Waals surface area contributed by atoms with Crippen molar-refractivity contribution in [3.8, 4) is 11.8 Å². The third-order valence-electron chi connectivity index (χ3n) is 3.78. The number of anilines is 1. The van der Waals surface area contributed by atoms with Crippen molar-refractivity contribution < 1.29 is 14.3 Å². The van der Waals surface area contributed by atoms with Gasteiger partial charge in [0.25, 0.3) is 5.91 Å². The maximum absolute atomic E-state index is 12.5. The Kier molecular flexibility index (Phi) is 6.17. The van der Waals surface area contributed by atoms with Crippen LogP contribution < -0.4 is 15.4 Å². The number of carbonyl (C=O) groups excluding carboxylic acids is 2. The zero-order valence-corrected chi connectivity index (χ0v) is 14.9. The molecule has 0 fully saturated rings. The van der Waals surface area contributed by atoms with E-state index in [0.29, 0.717) is 29.1 Å². The number of hydrogen-bond acceptors (Lipinski definition) is 4. The summed E-state index contributed by atoms with van der Waals surface area (Å²) in [6, 6.07) is 13.5. The van der Waals surface area contributed by atoms with Crippen molar-refractivity contribution in [1.82, 2.24) is 10.2 Å². The van der Waals surface area contributed by atoms with Crippen LogP contribution in [-0.2, 0) is 6.54 Å². The number of ether oxygens (including phenoxy) is 1. The maximum atomic E-state index is 12.5. The summed E-state index contributed by atoms with van der Waals surface area (Å²) in [5.41, 5.74) is 2.29. The number of hydrogen-bond donors (Lipinski definition) is 2. The molecule has 0 saturated heterocycles. The quantitative estimate of drug-likeness (QED) is 0.865. The highest BCUT2D eigenvalue weighted by atomic mass is 16.5. The largest absolute Gasteiger partial charge is 0.495 e. The van der Waals surface area contributed by atoms with Gasteiger partial charge in [0, 0.05) is 26.2 Å². The number of carbonyl (C=O) groups is 2. The molecule has 0 bridgehead atoms. The van der Waals surface area contributed by atoms with Crippen LogP contribution >= 0.6 is 0 Å². The van der Waals surface area contributed by atoms with Crippen LogP contribution in [0.3, 0.4) is 0 Å². The van der Waals surface area contributed by atoms with Crippen LogP contribution in [0, 0.1) is 11.3 Å². The van der Waals surface area contributed by atoms with Crippen molar-refractivity contribution in [1.29, 1.82) is 5.26 Å². The first-order valence-corrected chi connectivity index (χ1v) is 7.89. The van der Waals surface area contributed by atoms with Crippen LogP contribution in [0.15, 0.2) is 42.5 Å². The van der Waals surface area contributed by atoms with Crippen LogP contribution in [0.4, 0.5) is 10.5 Å². The number of benzene rings is 2. The second-order valence-corrected chi connectivity index (χ2v) is 5.59. The fraction of sp³-hybridized carbons (Fsp3) is 0.211. The van der Waals surface area contributed by atoms with Gasteiger partial charge in [0.2, 0.25) is 0 Å². The van der Waals surface area contributed by atoms with Gasteiger partial charge in [0.15, 0.2) is 0 Å². The molecule has 0 aromatic heterocycles. The molecular formula is C19H20N4O3. The molecule has 7 heteroatoms. The molecule has 2 aromatic carbocycles. The SMILES string of the molecule is CNC(=O)c1ccc(OC)c(NC(=O)N(C)Cc2ccc(C#N)cc2)c1. The van der Waals surface area contributed by atoms with E-state index in [0.717, 1.165) is 5.56 Å². The van der Waals surface area contributed by atoms with E-state index in [2.05, 4.69) is 16.7 Å². The van der Waals surface area contributed by atoms with Gasteiger partial charge in [0.05, 0.1) is 24.4 Å². The van der Waals surface area contributed by atoms with Crippen LogP contribution in [0.1, 0.15) is 21.5 Å². The lowest BCUT2D eigenvalue weighted by molar-refractivity contribution is 0.0963. The molecule has 0 atom stereocenters. The smallest absolute Gasteiger partial charge is 0.321 e. The first-order valence-electron chi connectivity index (χ1n) is 7.89. The molecule has 0 aliphatic carbocycles. The van der Waals surface area contributed by atoms with Crippen LogP contribution in [-0.4, -0.2) is 38.0 Å². The lowest BCUT2D eigenvalue weighted by Crippen LogP contribution is -2.31. The van der Waals surface area contributed by atoms with E-state index in [-0.39, 0.29) is 11.9 Å². The summed E-state index contributed by atoms with van der Waals surface area (Å²) < 4.78 is 5.24. The zero-order valence-electron chi connectivity index (χ0n) is 14.9. The topological polar surface area (TPSA) is 94.5 Å². The number of nitrogens with one attached hydrogen (secondary N) is 2. The van der Waals surface area contributed by atoms with E-state index in [1.165, 1.54) is 19.1 Å². The molecule has 26 heavy (non-hydrogen) atoms. The first-order chi connectivity index (χ1) is 12.5. The minimum atomic E-state index is -0.346. The molecule has 3 amide bonds. The number of amides is 3. The van der Waals surface area contributed by atoms with E-state index in [1.54, 1.807) is 49.5 Å². The summed E-state index contributed by atoms with van der Waals surface area (Å²) >= 11 is 0. The first kappa shape index (κ1) is 18.8. The summed E-state index contributed by atoms with van der Waals surface area (Å²) in [6.07, 6.45) is 0. The molecular weight excluding hydrogens is 332 g/mol. The molecule has 0 spiro atoms. The molecule has 0 unspecified atom stereocenters. The van der Waals surface area contributed by atoms with E-state index in [1.807, 2.05) is 0 Å². The standard InChI is InChI=1S/C19H20N4O3/c1-21-18(24)15-8-9-17(26-3)16(10-15)22-19(25)23(2)12-14-6-4-13(11-20)5-7-14/h4-10H,12H2,1-3H3,(H,21,24)(H,22,25). The number of rotatable bonds is 5. The van der Waals surface area contributed by atoms with E-state index >= 15 is 0 Å². The van der Waals surface area contributed by atoms with Gasteiger partial charge in [-0.15, -0.1) is 0 Å². The molecule has 0 aliphatic rings. The van der Waals surface area contributed by atoms with Crippen molar-refractivity contribution in [2.75, 3.05) is 26.5 Å². The number of nitrogens with zero attached hydrogens (tertiary/aromatic N) is 2. The van der Waals surface area contributed by atoms with Crippen LogP contribution in [0.5, 0.6) is 5.75 Å². The van der Waals surface area contributed by atoms with Gasteiger partial charge in [-0.25, -0.2) is 4.79 Å². The molecule has 2 N–H and O–H groups in total. The monoisotopic (exact) mass is 352 g/mol. The Bertz CT molecular complexity index is 841. The van der Waals surface area contributed by atoms with Gasteiger partial charge in [-0.2, -0.15) is 5.26 Å². The van der Waals surface area contributed by atoms with Gasteiger partial charge in [0.1, 0.15) is 5.75 Å². The van der Waals surface area contributed by atoms with Crippen molar-refractivity contribution in [3.63, 3.8) is 0 Å². The molecule has 0 aliphatic heterocycles. The zero-order chi connectivity index (χ0) is 19.1. The molecule has 134 valence electrons. The fourth-order valence-electron chi connectivity index (χ4n) is 2.33. The number of nitriles is 1. The van der Waals surface area contributed by atoms with Crippen molar-refractivity contribution in [3.05, 3.63) is 59.2 Å². The molecule has 2 rings (SSSR count). The third kappa shape index (κ3) is 4.51. The predicted molar refractivity (Wildman–Crippen MR) is 98.0 cm³/mol. The molecule has 0 saturated carbocycles. The van der Waals surface area contributed by atoms with Crippen molar-refractivity contribution in [2.24, 2.45) is 0 Å². The van der Waals surface area contributed by atoms with Gasteiger partial charge in [-0.05, 0) is 35.9 Å².